The summed E-state index contributed by atoms with van der Waals surface area (Å²) in [6, 6.07) is 0.187. The van der Waals surface area contributed by atoms with E-state index in [1.807, 2.05) is 0 Å². The van der Waals surface area contributed by atoms with Gasteiger partial charge >= 0.3 is 11.7 Å². The molecule has 8 heteroatoms. The van der Waals surface area contributed by atoms with Crippen LogP contribution in [0.4, 0.5) is 5.82 Å². The highest BCUT2D eigenvalue weighted by atomic mass is 16.5. The quantitative estimate of drug-likeness (QED) is 0.394. The molecular weight excluding hydrogens is 368 g/mol. The highest BCUT2D eigenvalue weighted by Crippen LogP contribution is 2.21. The predicted octanol–water partition coefficient (Wildman–Crippen LogP) is 3.00. The maximum atomic E-state index is 12.4. The Morgan fingerprint density at radius 3 is 2.83 bits per heavy atom. The van der Waals surface area contributed by atoms with Gasteiger partial charge in [0, 0.05) is 6.54 Å². The molecule has 8 nitrogen and oxygen atoms in total. The third kappa shape index (κ3) is 5.59. The Labute approximate surface area is 171 Å². The van der Waals surface area contributed by atoms with Gasteiger partial charge in [-0.15, -0.1) is 0 Å². The maximum absolute atomic E-state index is 12.4. The summed E-state index contributed by atoms with van der Waals surface area (Å²) in [5, 5.41) is 3.41. The number of nitrogens with zero attached hydrogens (tertiary/aromatic N) is 3. The first kappa shape index (κ1) is 21.4. The number of aromatic nitrogens is 4. The minimum Gasteiger partial charge on any atom is -0.456 e. The van der Waals surface area contributed by atoms with Crippen LogP contribution in [0, 0.1) is 5.92 Å². The first-order chi connectivity index (χ1) is 14.1. The third-order valence-corrected chi connectivity index (χ3v) is 5.68. The number of hydrogen-bond acceptors (Lipinski definition) is 6. The van der Waals surface area contributed by atoms with Crippen molar-refractivity contribution in [1.82, 2.24) is 24.8 Å². The summed E-state index contributed by atoms with van der Waals surface area (Å²) < 4.78 is 7.46. The Balaban J connectivity index is 1.63. The molecule has 1 saturated heterocycles. The Kier molecular flexibility index (Phi) is 7.69. The second-order valence-electron chi connectivity index (χ2n) is 7.90. The molecule has 1 aliphatic heterocycles. The van der Waals surface area contributed by atoms with Crippen LogP contribution in [0.3, 0.4) is 0 Å². The molecule has 1 atom stereocenters. The van der Waals surface area contributed by atoms with Crippen LogP contribution < -0.4 is 21.5 Å². The van der Waals surface area contributed by atoms with Gasteiger partial charge < -0.3 is 20.8 Å². The van der Waals surface area contributed by atoms with E-state index in [1.54, 1.807) is 10.6 Å². The van der Waals surface area contributed by atoms with Crippen LogP contribution in [-0.4, -0.2) is 38.7 Å². The molecule has 0 saturated carbocycles. The second kappa shape index (κ2) is 10.4. The number of ether oxygens (including phenoxy) is 1. The fraction of sp³-hybridized carbons (Fsp3) is 0.667. The van der Waals surface area contributed by atoms with Crippen molar-refractivity contribution in [1.29, 1.82) is 0 Å². The van der Waals surface area contributed by atoms with E-state index >= 15 is 0 Å². The van der Waals surface area contributed by atoms with Gasteiger partial charge in [0.2, 0.25) is 0 Å². The number of H-pyrrole nitrogens is 1. The molecule has 0 radical (unpaired) electrons. The second-order valence-corrected chi connectivity index (χ2v) is 7.90. The average Bonchev–Trinajstić information content (AvgIpc) is 3.04. The van der Waals surface area contributed by atoms with Crippen molar-refractivity contribution < 1.29 is 4.74 Å². The van der Waals surface area contributed by atoms with E-state index in [1.165, 1.54) is 25.7 Å². The number of aryl methyl sites for hydroxylation is 1. The average molecular weight is 403 g/mol. The van der Waals surface area contributed by atoms with Crippen molar-refractivity contribution >= 4 is 17.0 Å². The third-order valence-electron chi connectivity index (χ3n) is 5.68. The van der Waals surface area contributed by atoms with Crippen LogP contribution in [0.5, 0.6) is 6.01 Å². The van der Waals surface area contributed by atoms with Crippen LogP contribution in [0.2, 0.25) is 0 Å². The van der Waals surface area contributed by atoms with Gasteiger partial charge in [0.1, 0.15) is 11.6 Å². The predicted molar refractivity (Wildman–Crippen MR) is 116 cm³/mol. The van der Waals surface area contributed by atoms with Gasteiger partial charge in [-0.05, 0) is 44.7 Å². The number of imidazole rings is 1. The summed E-state index contributed by atoms with van der Waals surface area (Å²) >= 11 is 0. The molecule has 0 amide bonds. The SMILES string of the molecule is C=C[C@@H](CCC)Oc1nc(N)c2[nH]c(=O)n(CCCCCC3CCNCC3)c2n1. The molecule has 0 aliphatic carbocycles. The fourth-order valence-corrected chi connectivity index (χ4v) is 3.99. The van der Waals surface area contributed by atoms with E-state index in [-0.39, 0.29) is 23.6 Å². The van der Waals surface area contributed by atoms with Gasteiger partial charge in [-0.1, -0.05) is 45.3 Å². The van der Waals surface area contributed by atoms with E-state index in [9.17, 15) is 4.79 Å². The Bertz CT molecular complexity index is 853. The summed E-state index contributed by atoms with van der Waals surface area (Å²) in [5.41, 5.74) is 6.82. The lowest BCUT2D eigenvalue weighted by Crippen LogP contribution is -2.27. The molecule has 29 heavy (non-hydrogen) atoms. The Morgan fingerprint density at radius 1 is 1.31 bits per heavy atom. The van der Waals surface area contributed by atoms with Crippen molar-refractivity contribution in [2.45, 2.75) is 70.9 Å². The van der Waals surface area contributed by atoms with Gasteiger partial charge in [0.25, 0.3) is 0 Å². The van der Waals surface area contributed by atoms with Crippen molar-refractivity contribution in [3.05, 3.63) is 23.1 Å². The lowest BCUT2D eigenvalue weighted by Gasteiger charge is -2.22. The van der Waals surface area contributed by atoms with E-state index in [4.69, 9.17) is 10.5 Å². The standard InChI is InChI=1S/C21H34N6O2/c1-3-8-16(4-2)29-20-25-18(22)17-19(26-20)27(21(28)24-17)14-7-5-6-9-15-10-12-23-13-11-15/h4,15-16,23H,2-3,5-14H2,1H3,(H,24,28)(H2,22,25,26)/t16-/m0/s1. The van der Waals surface area contributed by atoms with E-state index < -0.39 is 0 Å². The Morgan fingerprint density at radius 2 is 2.10 bits per heavy atom. The zero-order chi connectivity index (χ0) is 20.6. The first-order valence-corrected chi connectivity index (χ1v) is 10.9. The number of piperidine rings is 1. The van der Waals surface area contributed by atoms with Crippen molar-refractivity contribution in [3.8, 4) is 6.01 Å². The summed E-state index contributed by atoms with van der Waals surface area (Å²) in [5.74, 6) is 1.08. The highest BCUT2D eigenvalue weighted by Gasteiger charge is 2.16. The zero-order valence-corrected chi connectivity index (χ0v) is 17.5. The molecular formula is C21H34N6O2. The van der Waals surface area contributed by atoms with Gasteiger partial charge in [-0.25, -0.2) is 4.79 Å². The van der Waals surface area contributed by atoms with Gasteiger partial charge in [0.15, 0.2) is 11.5 Å². The molecule has 4 N–H and O–H groups in total. The van der Waals surface area contributed by atoms with E-state index in [0.717, 1.165) is 44.7 Å². The molecule has 3 rings (SSSR count). The number of nitrogens with two attached hydrogens (primary N) is 1. The van der Waals surface area contributed by atoms with E-state index in [0.29, 0.717) is 17.7 Å². The summed E-state index contributed by atoms with van der Waals surface area (Å²) in [4.78, 5) is 23.9. The van der Waals surface area contributed by atoms with Crippen LogP contribution in [-0.2, 0) is 6.54 Å². The van der Waals surface area contributed by atoms with E-state index in [2.05, 4.69) is 33.8 Å². The van der Waals surface area contributed by atoms with Gasteiger partial charge in [0.05, 0.1) is 0 Å². The van der Waals surface area contributed by atoms with Crippen LogP contribution in [0.25, 0.3) is 11.2 Å². The topological polar surface area (TPSA) is 111 Å². The maximum Gasteiger partial charge on any atom is 0.327 e. The molecule has 0 spiro atoms. The molecule has 3 heterocycles. The van der Waals surface area contributed by atoms with Gasteiger partial charge in [-0.2, -0.15) is 9.97 Å². The summed E-state index contributed by atoms with van der Waals surface area (Å²) in [6.45, 7) is 8.78. The molecule has 2 aromatic heterocycles. The summed E-state index contributed by atoms with van der Waals surface area (Å²) in [6.07, 6.45) is 10.4. The van der Waals surface area contributed by atoms with Crippen molar-refractivity contribution in [3.63, 3.8) is 0 Å². The van der Waals surface area contributed by atoms with Crippen LogP contribution >= 0.6 is 0 Å². The molecule has 0 aromatic carbocycles. The van der Waals surface area contributed by atoms with Crippen molar-refractivity contribution in [2.24, 2.45) is 5.92 Å². The Hall–Kier alpha value is -2.35. The number of nitrogen functional groups attached to an aromatic ring is 1. The molecule has 0 unspecified atom stereocenters. The zero-order valence-electron chi connectivity index (χ0n) is 17.5. The smallest absolute Gasteiger partial charge is 0.327 e. The highest BCUT2D eigenvalue weighted by molar-refractivity contribution is 5.81. The lowest BCUT2D eigenvalue weighted by molar-refractivity contribution is 0.219. The molecule has 2 aromatic rings. The molecule has 0 bridgehead atoms. The molecule has 1 aliphatic rings. The number of fused-ring (bicyclic) bond motifs is 1. The number of nitrogens with one attached hydrogen (secondary N) is 2. The minimum atomic E-state index is -0.203. The molecule has 160 valence electrons. The van der Waals surface area contributed by atoms with Gasteiger partial charge in [-0.3, -0.25) is 4.57 Å². The van der Waals surface area contributed by atoms with Crippen LogP contribution in [0.1, 0.15) is 58.3 Å². The lowest BCUT2D eigenvalue weighted by atomic mass is 9.92. The number of hydrogen-bond donors (Lipinski definition) is 3. The van der Waals surface area contributed by atoms with Crippen LogP contribution in [0.15, 0.2) is 17.4 Å². The minimum absolute atomic E-state index is 0.175. The first-order valence-electron chi connectivity index (χ1n) is 10.9. The number of aromatic amines is 1. The normalized spacial score (nSPS) is 16.2. The monoisotopic (exact) mass is 402 g/mol. The van der Waals surface area contributed by atoms with Crippen molar-refractivity contribution in [2.75, 3.05) is 18.8 Å². The molecule has 1 fully saturated rings. The summed E-state index contributed by atoms with van der Waals surface area (Å²) in [7, 11) is 0. The fourth-order valence-electron chi connectivity index (χ4n) is 3.99. The largest absolute Gasteiger partial charge is 0.456 e. The number of rotatable bonds is 11. The number of unbranched alkanes of at least 4 members (excludes halogenated alkanes) is 2. The number of anilines is 1.